The monoisotopic (exact) mass is 428 g/mol. The molecule has 0 bridgehead atoms. The van der Waals surface area contributed by atoms with Gasteiger partial charge in [-0.2, -0.15) is 4.80 Å². The van der Waals surface area contributed by atoms with Crippen LogP contribution in [0.15, 0.2) is 66.7 Å². The first kappa shape index (κ1) is 21.6. The van der Waals surface area contributed by atoms with E-state index in [4.69, 9.17) is 4.74 Å². The van der Waals surface area contributed by atoms with Gasteiger partial charge in [0.05, 0.1) is 5.69 Å². The highest BCUT2D eigenvalue weighted by Gasteiger charge is 2.09. The van der Waals surface area contributed by atoms with E-state index in [1.807, 2.05) is 54.6 Å². The number of carbonyl (C=O) groups is 1. The molecular weight excluding hydrogens is 400 g/mol. The Labute approximate surface area is 188 Å². The molecule has 1 aromatic heterocycles. The van der Waals surface area contributed by atoms with Gasteiger partial charge in [-0.25, -0.2) is 0 Å². The van der Waals surface area contributed by atoms with Crippen molar-refractivity contribution in [2.45, 2.75) is 39.5 Å². The Hall–Kier alpha value is -3.67. The molecule has 0 aliphatic carbocycles. The van der Waals surface area contributed by atoms with Crippen LogP contribution in [0, 0.1) is 0 Å². The molecular formula is C26H28N4O2. The maximum atomic E-state index is 12.3. The molecule has 164 valence electrons. The summed E-state index contributed by atoms with van der Waals surface area (Å²) in [6.45, 7) is 8.55. The van der Waals surface area contributed by atoms with E-state index in [1.54, 1.807) is 4.80 Å². The summed E-state index contributed by atoms with van der Waals surface area (Å²) in [6, 6.07) is 21.5. The average Bonchev–Trinajstić information content (AvgIpc) is 3.21. The number of carbonyl (C=O) groups excluding carboxylic acids is 1. The van der Waals surface area contributed by atoms with E-state index in [-0.39, 0.29) is 12.5 Å². The van der Waals surface area contributed by atoms with Gasteiger partial charge in [0.1, 0.15) is 16.8 Å². The van der Waals surface area contributed by atoms with Crippen LogP contribution >= 0.6 is 0 Å². The quantitative estimate of drug-likeness (QED) is 0.411. The highest BCUT2D eigenvalue weighted by molar-refractivity contribution is 5.93. The van der Waals surface area contributed by atoms with E-state index < -0.39 is 0 Å². The molecule has 4 rings (SSSR count). The summed E-state index contributed by atoms with van der Waals surface area (Å²) in [5.74, 6) is 1.38. The second-order valence-corrected chi connectivity index (χ2v) is 8.50. The number of hydrogen-bond acceptors (Lipinski definition) is 4. The Kier molecular flexibility index (Phi) is 6.21. The first-order valence-corrected chi connectivity index (χ1v) is 10.9. The molecule has 0 spiro atoms. The zero-order valence-electron chi connectivity index (χ0n) is 18.9. The molecule has 0 saturated heterocycles. The van der Waals surface area contributed by atoms with Crippen LogP contribution in [0.25, 0.3) is 16.7 Å². The Morgan fingerprint density at radius 3 is 2.06 bits per heavy atom. The fourth-order valence-corrected chi connectivity index (χ4v) is 3.40. The number of rotatable bonds is 7. The van der Waals surface area contributed by atoms with Gasteiger partial charge in [0.15, 0.2) is 6.61 Å². The molecule has 6 nitrogen and oxygen atoms in total. The van der Waals surface area contributed by atoms with Crippen molar-refractivity contribution in [1.29, 1.82) is 0 Å². The van der Waals surface area contributed by atoms with Crippen molar-refractivity contribution in [3.05, 3.63) is 77.9 Å². The van der Waals surface area contributed by atoms with E-state index in [0.29, 0.717) is 28.8 Å². The number of fused-ring (bicyclic) bond motifs is 1. The van der Waals surface area contributed by atoms with Crippen molar-refractivity contribution in [1.82, 2.24) is 15.0 Å². The molecule has 1 heterocycles. The lowest BCUT2D eigenvalue weighted by Crippen LogP contribution is -2.20. The van der Waals surface area contributed by atoms with Crippen molar-refractivity contribution < 1.29 is 9.53 Å². The third-order valence-corrected chi connectivity index (χ3v) is 5.37. The number of benzene rings is 3. The van der Waals surface area contributed by atoms with E-state index in [2.05, 4.69) is 55.3 Å². The second kappa shape index (κ2) is 9.22. The zero-order chi connectivity index (χ0) is 22.7. The molecule has 3 aromatic carbocycles. The molecule has 0 unspecified atom stereocenters. The van der Waals surface area contributed by atoms with Gasteiger partial charge < -0.3 is 10.1 Å². The van der Waals surface area contributed by atoms with Crippen molar-refractivity contribution >= 4 is 22.6 Å². The maximum absolute atomic E-state index is 12.3. The third-order valence-electron chi connectivity index (χ3n) is 5.37. The number of nitrogens with one attached hydrogen (secondary N) is 1. The van der Waals surface area contributed by atoms with Crippen LogP contribution in [0.3, 0.4) is 0 Å². The summed E-state index contributed by atoms with van der Waals surface area (Å²) in [5, 5.41) is 12.0. The van der Waals surface area contributed by atoms with Gasteiger partial charge in [-0.3, -0.25) is 4.79 Å². The average molecular weight is 429 g/mol. The topological polar surface area (TPSA) is 69.0 Å². The molecule has 0 aliphatic heterocycles. The molecule has 1 N–H and O–H groups in total. The molecule has 0 aliphatic rings. The summed E-state index contributed by atoms with van der Waals surface area (Å²) in [7, 11) is 0. The summed E-state index contributed by atoms with van der Waals surface area (Å²) in [4.78, 5) is 13.9. The first-order chi connectivity index (χ1) is 15.4. The number of nitrogens with zero attached hydrogens (tertiary/aromatic N) is 3. The van der Waals surface area contributed by atoms with Gasteiger partial charge in [0.25, 0.3) is 5.91 Å². The lowest BCUT2D eigenvalue weighted by molar-refractivity contribution is -0.118. The summed E-state index contributed by atoms with van der Waals surface area (Å²) in [6.07, 6.45) is 0. The summed E-state index contributed by atoms with van der Waals surface area (Å²) >= 11 is 0. The fraction of sp³-hybridized carbons (Fsp3) is 0.269. The molecule has 0 fully saturated rings. The first-order valence-electron chi connectivity index (χ1n) is 10.9. The molecule has 0 atom stereocenters. The smallest absolute Gasteiger partial charge is 0.262 e. The normalized spacial score (nSPS) is 11.3. The Bertz CT molecular complexity index is 1210. The Morgan fingerprint density at radius 1 is 0.844 bits per heavy atom. The summed E-state index contributed by atoms with van der Waals surface area (Å²) < 4.78 is 5.61. The Balaban J connectivity index is 1.40. The highest BCUT2D eigenvalue weighted by Crippen LogP contribution is 2.21. The largest absolute Gasteiger partial charge is 0.484 e. The van der Waals surface area contributed by atoms with Crippen molar-refractivity contribution in [3.8, 4) is 11.4 Å². The standard InChI is InChI=1S/C26H28N4O2/c1-17(2)19-5-10-22(11-6-19)30-28-24-14-9-21(15-25(24)29-30)27-26(31)16-32-23-12-7-20(8-13-23)18(3)4/h5-15,17-18H,16H2,1-4H3,(H,27,31). The van der Waals surface area contributed by atoms with Gasteiger partial charge in [0, 0.05) is 5.69 Å². The van der Waals surface area contributed by atoms with E-state index >= 15 is 0 Å². The minimum absolute atomic E-state index is 0.0616. The van der Waals surface area contributed by atoms with Gasteiger partial charge in [0.2, 0.25) is 0 Å². The zero-order valence-corrected chi connectivity index (χ0v) is 18.9. The van der Waals surface area contributed by atoms with Gasteiger partial charge >= 0.3 is 0 Å². The van der Waals surface area contributed by atoms with Crippen molar-refractivity contribution in [3.63, 3.8) is 0 Å². The van der Waals surface area contributed by atoms with E-state index in [1.165, 1.54) is 11.1 Å². The minimum atomic E-state index is -0.228. The summed E-state index contributed by atoms with van der Waals surface area (Å²) in [5.41, 5.74) is 5.53. The van der Waals surface area contributed by atoms with E-state index in [0.717, 1.165) is 11.2 Å². The molecule has 6 heteroatoms. The van der Waals surface area contributed by atoms with Crippen LogP contribution in [0.1, 0.15) is 50.7 Å². The molecule has 0 radical (unpaired) electrons. The SMILES string of the molecule is CC(C)c1ccc(OCC(=O)Nc2ccc3nn(-c4ccc(C(C)C)cc4)nc3c2)cc1. The number of hydrogen-bond donors (Lipinski definition) is 1. The number of ether oxygens (including phenoxy) is 1. The number of amides is 1. The predicted octanol–water partition coefficient (Wildman–Crippen LogP) is 5.68. The van der Waals surface area contributed by atoms with Crippen LogP contribution < -0.4 is 10.1 Å². The number of aromatic nitrogens is 3. The third kappa shape index (κ3) is 4.97. The van der Waals surface area contributed by atoms with Crippen molar-refractivity contribution in [2.24, 2.45) is 0 Å². The van der Waals surface area contributed by atoms with Crippen LogP contribution in [0.4, 0.5) is 5.69 Å². The van der Waals surface area contributed by atoms with E-state index in [9.17, 15) is 4.79 Å². The number of anilines is 1. The van der Waals surface area contributed by atoms with Gasteiger partial charge in [-0.1, -0.05) is 52.0 Å². The predicted molar refractivity (Wildman–Crippen MR) is 128 cm³/mol. The Morgan fingerprint density at radius 2 is 1.44 bits per heavy atom. The van der Waals surface area contributed by atoms with Gasteiger partial charge in [-0.15, -0.1) is 10.2 Å². The van der Waals surface area contributed by atoms with Crippen LogP contribution in [0.5, 0.6) is 5.75 Å². The molecule has 32 heavy (non-hydrogen) atoms. The van der Waals surface area contributed by atoms with Crippen LogP contribution in [-0.2, 0) is 4.79 Å². The lowest BCUT2D eigenvalue weighted by atomic mass is 10.0. The second-order valence-electron chi connectivity index (χ2n) is 8.50. The van der Waals surface area contributed by atoms with Crippen molar-refractivity contribution in [2.75, 3.05) is 11.9 Å². The molecule has 4 aromatic rings. The molecule has 0 saturated carbocycles. The fourth-order valence-electron chi connectivity index (χ4n) is 3.40. The lowest BCUT2D eigenvalue weighted by Gasteiger charge is -2.09. The van der Waals surface area contributed by atoms with Crippen LogP contribution in [-0.4, -0.2) is 27.5 Å². The molecule has 1 amide bonds. The highest BCUT2D eigenvalue weighted by atomic mass is 16.5. The maximum Gasteiger partial charge on any atom is 0.262 e. The van der Waals surface area contributed by atoms with Gasteiger partial charge in [-0.05, 0) is 65.4 Å². The minimum Gasteiger partial charge on any atom is -0.484 e. The van der Waals surface area contributed by atoms with Crippen LogP contribution in [0.2, 0.25) is 0 Å².